The largest absolute Gasteiger partial charge is 0.240 e. The van der Waals surface area contributed by atoms with Gasteiger partial charge in [0.05, 0.1) is 4.90 Å². The smallest absolute Gasteiger partial charge is 0.208 e. The zero-order chi connectivity index (χ0) is 12.8. The molecule has 0 aliphatic heterocycles. The summed E-state index contributed by atoms with van der Waals surface area (Å²) >= 11 is 0. The van der Waals surface area contributed by atoms with E-state index < -0.39 is 15.8 Å². The molecule has 3 nitrogen and oxygen atoms in total. The quantitative estimate of drug-likeness (QED) is 0.915. The SMILES string of the molecule is O=S(=O)(N[C@H]1C[C@@H]2CC[C@@H]1C2)c1ccc(F)cc1. The first-order chi connectivity index (χ1) is 8.54. The van der Waals surface area contributed by atoms with E-state index in [1.54, 1.807) is 0 Å². The van der Waals surface area contributed by atoms with Gasteiger partial charge in [0, 0.05) is 6.04 Å². The Kier molecular flexibility index (Phi) is 2.90. The number of fused-ring (bicyclic) bond motifs is 2. The van der Waals surface area contributed by atoms with Crippen LogP contribution in [-0.2, 0) is 10.0 Å². The molecule has 0 aromatic heterocycles. The van der Waals surface area contributed by atoms with Crippen molar-refractivity contribution in [2.45, 2.75) is 36.6 Å². The minimum Gasteiger partial charge on any atom is -0.208 e. The van der Waals surface area contributed by atoms with Crippen molar-refractivity contribution in [3.63, 3.8) is 0 Å². The summed E-state index contributed by atoms with van der Waals surface area (Å²) < 4.78 is 39.8. The Morgan fingerprint density at radius 3 is 2.39 bits per heavy atom. The Bertz CT molecular complexity index is 541. The van der Waals surface area contributed by atoms with Crippen LogP contribution in [0.15, 0.2) is 29.2 Å². The van der Waals surface area contributed by atoms with E-state index >= 15 is 0 Å². The van der Waals surface area contributed by atoms with Crippen LogP contribution < -0.4 is 4.72 Å². The van der Waals surface area contributed by atoms with Crippen molar-refractivity contribution in [3.05, 3.63) is 30.1 Å². The van der Waals surface area contributed by atoms with Gasteiger partial charge in [0.2, 0.25) is 10.0 Å². The van der Waals surface area contributed by atoms with Crippen LogP contribution in [0.4, 0.5) is 4.39 Å². The topological polar surface area (TPSA) is 46.2 Å². The number of sulfonamides is 1. The summed E-state index contributed by atoms with van der Waals surface area (Å²) in [5, 5.41) is 0. The third-order valence-electron chi connectivity index (χ3n) is 4.17. The van der Waals surface area contributed by atoms with Gasteiger partial charge < -0.3 is 0 Å². The average Bonchev–Trinajstić information content (AvgIpc) is 2.91. The second-order valence-electron chi connectivity index (χ2n) is 5.36. The molecule has 2 fully saturated rings. The van der Waals surface area contributed by atoms with Crippen LogP contribution in [0.3, 0.4) is 0 Å². The van der Waals surface area contributed by atoms with E-state index in [0.29, 0.717) is 11.8 Å². The minimum atomic E-state index is -3.50. The molecule has 1 aromatic rings. The molecule has 5 heteroatoms. The summed E-state index contributed by atoms with van der Waals surface area (Å²) in [5.41, 5.74) is 0. The van der Waals surface area contributed by atoms with Crippen LogP contribution in [-0.4, -0.2) is 14.5 Å². The monoisotopic (exact) mass is 269 g/mol. The first kappa shape index (κ1) is 12.1. The molecule has 0 heterocycles. The molecule has 0 radical (unpaired) electrons. The van der Waals surface area contributed by atoms with Crippen LogP contribution in [0, 0.1) is 17.7 Å². The molecule has 2 aliphatic rings. The standard InChI is InChI=1S/C13H16FNO2S/c14-11-3-5-12(6-4-11)18(16,17)15-13-8-9-1-2-10(13)7-9/h3-6,9-10,13,15H,1-2,7-8H2/t9-,10-,13+/m1/s1. The highest BCUT2D eigenvalue weighted by atomic mass is 32.2. The van der Waals surface area contributed by atoms with E-state index in [1.807, 2.05) is 0 Å². The normalized spacial score (nSPS) is 30.8. The van der Waals surface area contributed by atoms with Crippen molar-refractivity contribution in [2.24, 2.45) is 11.8 Å². The number of nitrogens with one attached hydrogen (secondary N) is 1. The maximum atomic E-state index is 12.8. The highest BCUT2D eigenvalue weighted by molar-refractivity contribution is 7.89. The fourth-order valence-corrected chi connectivity index (χ4v) is 4.59. The number of benzene rings is 1. The van der Waals surface area contributed by atoms with Crippen molar-refractivity contribution in [1.82, 2.24) is 4.72 Å². The number of hydrogen-bond donors (Lipinski definition) is 1. The summed E-state index contributed by atoms with van der Waals surface area (Å²) in [7, 11) is -3.50. The Morgan fingerprint density at radius 1 is 1.11 bits per heavy atom. The molecule has 98 valence electrons. The van der Waals surface area contributed by atoms with E-state index in [2.05, 4.69) is 4.72 Å². The highest BCUT2D eigenvalue weighted by Crippen LogP contribution is 2.44. The Hall–Kier alpha value is -0.940. The lowest BCUT2D eigenvalue weighted by atomic mass is 9.96. The summed E-state index contributed by atoms with van der Waals surface area (Å²) in [6.45, 7) is 0. The van der Waals surface area contributed by atoms with Gasteiger partial charge in [0.25, 0.3) is 0 Å². The zero-order valence-corrected chi connectivity index (χ0v) is 10.8. The Morgan fingerprint density at radius 2 is 1.83 bits per heavy atom. The summed E-state index contributed by atoms with van der Waals surface area (Å²) in [6, 6.07) is 5.04. The van der Waals surface area contributed by atoms with Crippen LogP contribution in [0.25, 0.3) is 0 Å². The highest BCUT2D eigenvalue weighted by Gasteiger charge is 2.41. The van der Waals surface area contributed by atoms with Gasteiger partial charge in [-0.05, 0) is 55.4 Å². The molecule has 1 aromatic carbocycles. The van der Waals surface area contributed by atoms with E-state index in [1.165, 1.54) is 30.7 Å². The second kappa shape index (κ2) is 4.31. The lowest BCUT2D eigenvalue weighted by molar-refractivity contribution is 0.390. The molecule has 3 atom stereocenters. The van der Waals surface area contributed by atoms with Crippen molar-refractivity contribution in [2.75, 3.05) is 0 Å². The molecule has 0 spiro atoms. The molecule has 0 amide bonds. The number of rotatable bonds is 3. The van der Waals surface area contributed by atoms with Crippen LogP contribution in [0.2, 0.25) is 0 Å². The lowest BCUT2D eigenvalue weighted by Crippen LogP contribution is -2.38. The summed E-state index contributed by atoms with van der Waals surface area (Å²) in [4.78, 5) is 0.145. The zero-order valence-electron chi connectivity index (χ0n) is 9.97. The average molecular weight is 269 g/mol. The van der Waals surface area contributed by atoms with Crippen LogP contribution >= 0.6 is 0 Å². The van der Waals surface area contributed by atoms with Gasteiger partial charge in [0.15, 0.2) is 0 Å². The van der Waals surface area contributed by atoms with Crippen LogP contribution in [0.1, 0.15) is 25.7 Å². The van der Waals surface area contributed by atoms with Gasteiger partial charge in [-0.3, -0.25) is 0 Å². The van der Waals surface area contributed by atoms with E-state index in [4.69, 9.17) is 0 Å². The van der Waals surface area contributed by atoms with E-state index in [-0.39, 0.29) is 10.9 Å². The summed E-state index contributed by atoms with van der Waals surface area (Å²) in [5.74, 6) is 0.759. The second-order valence-corrected chi connectivity index (χ2v) is 7.07. The molecule has 2 bridgehead atoms. The Labute approximate surface area is 106 Å². The molecule has 1 N–H and O–H groups in total. The third kappa shape index (κ3) is 2.17. The molecular formula is C13H16FNO2S. The third-order valence-corrected chi connectivity index (χ3v) is 5.67. The molecule has 0 unspecified atom stereocenters. The van der Waals surface area contributed by atoms with Gasteiger partial charge in [-0.1, -0.05) is 6.42 Å². The lowest BCUT2D eigenvalue weighted by Gasteiger charge is -2.22. The van der Waals surface area contributed by atoms with Crippen molar-refractivity contribution >= 4 is 10.0 Å². The number of hydrogen-bond acceptors (Lipinski definition) is 2. The molecule has 3 rings (SSSR count). The van der Waals surface area contributed by atoms with Gasteiger partial charge in [-0.25, -0.2) is 17.5 Å². The minimum absolute atomic E-state index is 0.0683. The molecule has 2 aliphatic carbocycles. The molecule has 18 heavy (non-hydrogen) atoms. The number of halogens is 1. The fourth-order valence-electron chi connectivity index (χ4n) is 3.27. The Balaban J connectivity index is 1.77. The fraction of sp³-hybridized carbons (Fsp3) is 0.538. The predicted molar refractivity (Wildman–Crippen MR) is 66.0 cm³/mol. The molecule has 0 saturated heterocycles. The van der Waals surface area contributed by atoms with Crippen LogP contribution in [0.5, 0.6) is 0 Å². The molecule has 2 saturated carbocycles. The first-order valence-corrected chi connectivity index (χ1v) is 7.81. The predicted octanol–water partition coefficient (Wildman–Crippen LogP) is 2.29. The van der Waals surface area contributed by atoms with Gasteiger partial charge in [-0.2, -0.15) is 0 Å². The van der Waals surface area contributed by atoms with E-state index in [0.717, 1.165) is 19.3 Å². The maximum absolute atomic E-state index is 12.8. The van der Waals surface area contributed by atoms with Crippen molar-refractivity contribution in [3.8, 4) is 0 Å². The first-order valence-electron chi connectivity index (χ1n) is 6.32. The maximum Gasteiger partial charge on any atom is 0.240 e. The summed E-state index contributed by atoms with van der Waals surface area (Å²) in [6.07, 6.45) is 4.46. The van der Waals surface area contributed by atoms with Crippen molar-refractivity contribution < 1.29 is 12.8 Å². The molecular weight excluding hydrogens is 253 g/mol. The van der Waals surface area contributed by atoms with Gasteiger partial charge in [0.1, 0.15) is 5.82 Å². The van der Waals surface area contributed by atoms with Gasteiger partial charge >= 0.3 is 0 Å². The van der Waals surface area contributed by atoms with Crippen molar-refractivity contribution in [1.29, 1.82) is 0 Å². The van der Waals surface area contributed by atoms with E-state index in [9.17, 15) is 12.8 Å². The van der Waals surface area contributed by atoms with Gasteiger partial charge in [-0.15, -0.1) is 0 Å².